The summed E-state index contributed by atoms with van der Waals surface area (Å²) in [5, 5.41) is 0. The third-order valence-corrected chi connectivity index (χ3v) is 5.62. The standard InChI is InChI=1S/C18H21NOS/c1-13-4-2-7-16(10-13)21(20)17-8-9-18-14(11-17)5-3-6-15(18)12-19/h2,4,7-11,15H,3,5-6,12,19H2,1H3. The number of benzene rings is 2. The minimum atomic E-state index is -1.10. The normalized spacial score (nSPS) is 19.1. The molecule has 2 aromatic carbocycles. The molecule has 0 radical (unpaired) electrons. The number of hydrogen-bond donors (Lipinski definition) is 1. The van der Waals surface area contributed by atoms with Gasteiger partial charge in [-0.3, -0.25) is 0 Å². The summed E-state index contributed by atoms with van der Waals surface area (Å²) in [6, 6.07) is 14.2. The minimum absolute atomic E-state index is 0.468. The first-order valence-corrected chi connectivity index (χ1v) is 8.65. The molecule has 0 bridgehead atoms. The molecule has 110 valence electrons. The molecule has 0 aliphatic heterocycles. The van der Waals surface area contributed by atoms with Crippen molar-refractivity contribution in [3.63, 3.8) is 0 Å². The summed E-state index contributed by atoms with van der Waals surface area (Å²) in [6.07, 6.45) is 3.42. The van der Waals surface area contributed by atoms with E-state index in [1.165, 1.54) is 24.0 Å². The third kappa shape index (κ3) is 3.00. The molecule has 2 nitrogen and oxygen atoms in total. The van der Waals surface area contributed by atoms with Crippen LogP contribution in [0.1, 0.15) is 35.4 Å². The fraction of sp³-hybridized carbons (Fsp3) is 0.333. The van der Waals surface area contributed by atoms with Crippen molar-refractivity contribution in [2.24, 2.45) is 5.73 Å². The van der Waals surface area contributed by atoms with Crippen molar-refractivity contribution in [2.75, 3.05) is 6.54 Å². The van der Waals surface area contributed by atoms with Gasteiger partial charge in [-0.1, -0.05) is 18.2 Å². The lowest BCUT2D eigenvalue weighted by Crippen LogP contribution is -2.18. The zero-order valence-electron chi connectivity index (χ0n) is 12.3. The monoisotopic (exact) mass is 299 g/mol. The number of aryl methyl sites for hydroxylation is 2. The molecule has 0 heterocycles. The second kappa shape index (κ2) is 6.22. The van der Waals surface area contributed by atoms with Crippen molar-refractivity contribution in [3.05, 3.63) is 59.2 Å². The molecule has 3 rings (SSSR count). The summed E-state index contributed by atoms with van der Waals surface area (Å²) in [5.74, 6) is 0.468. The van der Waals surface area contributed by atoms with Gasteiger partial charge in [0.1, 0.15) is 0 Å². The van der Waals surface area contributed by atoms with Crippen molar-refractivity contribution < 1.29 is 4.55 Å². The van der Waals surface area contributed by atoms with Gasteiger partial charge in [0, 0.05) is 11.2 Å². The topological polar surface area (TPSA) is 49.1 Å². The van der Waals surface area contributed by atoms with Crippen LogP contribution in [0.3, 0.4) is 0 Å². The smallest absolute Gasteiger partial charge is 0.158 e. The fourth-order valence-electron chi connectivity index (χ4n) is 3.12. The van der Waals surface area contributed by atoms with Crippen LogP contribution in [0, 0.1) is 6.92 Å². The summed E-state index contributed by atoms with van der Waals surface area (Å²) in [6.45, 7) is 2.73. The lowest BCUT2D eigenvalue weighted by atomic mass is 9.83. The van der Waals surface area contributed by atoms with Gasteiger partial charge in [0.05, 0.1) is 0 Å². The van der Waals surface area contributed by atoms with E-state index in [1.807, 2.05) is 37.3 Å². The van der Waals surface area contributed by atoms with Crippen LogP contribution in [-0.2, 0) is 17.6 Å². The van der Waals surface area contributed by atoms with Crippen LogP contribution in [0.5, 0.6) is 0 Å². The van der Waals surface area contributed by atoms with Gasteiger partial charge < -0.3 is 10.3 Å². The van der Waals surface area contributed by atoms with Crippen molar-refractivity contribution >= 4 is 11.2 Å². The first-order chi connectivity index (χ1) is 10.2. The predicted octanol–water partition coefficient (Wildman–Crippen LogP) is 3.54. The molecule has 0 fully saturated rings. The number of rotatable bonds is 3. The summed E-state index contributed by atoms with van der Waals surface area (Å²) < 4.78 is 12.7. The quantitative estimate of drug-likeness (QED) is 0.881. The van der Waals surface area contributed by atoms with E-state index in [4.69, 9.17) is 5.73 Å². The van der Waals surface area contributed by atoms with Crippen molar-refractivity contribution in [1.82, 2.24) is 0 Å². The highest BCUT2D eigenvalue weighted by Gasteiger charge is 2.22. The Hall–Kier alpha value is -1.29. The van der Waals surface area contributed by atoms with Crippen LogP contribution in [0.15, 0.2) is 52.3 Å². The number of nitrogens with two attached hydrogens (primary N) is 1. The molecule has 21 heavy (non-hydrogen) atoms. The lowest BCUT2D eigenvalue weighted by Gasteiger charge is -2.24. The summed E-state index contributed by atoms with van der Waals surface area (Å²) in [5.41, 5.74) is 9.69. The second-order valence-corrected chi connectivity index (χ2v) is 7.25. The van der Waals surface area contributed by atoms with E-state index < -0.39 is 11.2 Å². The van der Waals surface area contributed by atoms with Crippen LogP contribution >= 0.6 is 0 Å². The highest BCUT2D eigenvalue weighted by atomic mass is 32.2. The van der Waals surface area contributed by atoms with Gasteiger partial charge in [-0.25, -0.2) is 0 Å². The van der Waals surface area contributed by atoms with Gasteiger partial charge in [-0.15, -0.1) is 0 Å². The molecule has 0 spiro atoms. The Labute approximate surface area is 129 Å². The van der Waals surface area contributed by atoms with E-state index in [1.54, 1.807) is 0 Å². The van der Waals surface area contributed by atoms with Crippen LogP contribution in [0.2, 0.25) is 0 Å². The SMILES string of the molecule is Cc1cccc([S+]([O-])c2ccc3c(c2)CCCC3CN)c1. The van der Waals surface area contributed by atoms with Gasteiger partial charge in [0.15, 0.2) is 9.79 Å². The molecule has 0 saturated carbocycles. The van der Waals surface area contributed by atoms with Crippen LogP contribution in [0.25, 0.3) is 0 Å². The number of hydrogen-bond acceptors (Lipinski definition) is 2. The molecule has 2 atom stereocenters. The van der Waals surface area contributed by atoms with E-state index in [9.17, 15) is 4.55 Å². The molecule has 2 N–H and O–H groups in total. The Bertz CT molecular complexity index is 641. The molecule has 1 aliphatic rings. The lowest BCUT2D eigenvalue weighted by molar-refractivity contribution is 0.558. The zero-order valence-corrected chi connectivity index (χ0v) is 13.2. The third-order valence-electron chi connectivity index (χ3n) is 4.26. The fourth-order valence-corrected chi connectivity index (χ4v) is 4.33. The highest BCUT2D eigenvalue weighted by molar-refractivity contribution is 7.91. The van der Waals surface area contributed by atoms with Gasteiger partial charge >= 0.3 is 0 Å². The molecule has 0 aromatic heterocycles. The van der Waals surface area contributed by atoms with Crippen molar-refractivity contribution in [2.45, 2.75) is 41.9 Å². The Morgan fingerprint density at radius 1 is 1.19 bits per heavy atom. The number of fused-ring (bicyclic) bond motifs is 1. The Morgan fingerprint density at radius 3 is 2.76 bits per heavy atom. The van der Waals surface area contributed by atoms with E-state index >= 15 is 0 Å². The largest absolute Gasteiger partial charge is 0.606 e. The van der Waals surface area contributed by atoms with Gasteiger partial charge in [-0.05, 0) is 79.6 Å². The average molecular weight is 299 g/mol. The molecule has 2 aromatic rings. The van der Waals surface area contributed by atoms with Gasteiger partial charge in [-0.2, -0.15) is 0 Å². The molecular formula is C18H21NOS. The molecule has 1 aliphatic carbocycles. The van der Waals surface area contributed by atoms with Crippen molar-refractivity contribution in [1.29, 1.82) is 0 Å². The molecule has 0 amide bonds. The maximum atomic E-state index is 12.7. The Morgan fingerprint density at radius 2 is 2.00 bits per heavy atom. The van der Waals surface area contributed by atoms with E-state index in [0.717, 1.165) is 21.8 Å². The average Bonchev–Trinajstić information content (AvgIpc) is 2.53. The van der Waals surface area contributed by atoms with Crippen LogP contribution < -0.4 is 5.73 Å². The molecule has 0 saturated heterocycles. The van der Waals surface area contributed by atoms with Crippen molar-refractivity contribution in [3.8, 4) is 0 Å². The zero-order chi connectivity index (χ0) is 14.8. The first-order valence-electron chi connectivity index (χ1n) is 7.50. The van der Waals surface area contributed by atoms with Gasteiger partial charge in [0.25, 0.3) is 0 Å². The summed E-state index contributed by atoms with van der Waals surface area (Å²) in [7, 11) is 0. The van der Waals surface area contributed by atoms with Gasteiger partial charge in [0.2, 0.25) is 0 Å². The maximum Gasteiger partial charge on any atom is 0.158 e. The minimum Gasteiger partial charge on any atom is -0.606 e. The van der Waals surface area contributed by atoms with E-state index in [0.29, 0.717) is 12.5 Å². The summed E-state index contributed by atoms with van der Waals surface area (Å²) >= 11 is -1.10. The predicted molar refractivity (Wildman–Crippen MR) is 87.0 cm³/mol. The highest BCUT2D eigenvalue weighted by Crippen LogP contribution is 2.33. The summed E-state index contributed by atoms with van der Waals surface area (Å²) in [4.78, 5) is 1.78. The Balaban J connectivity index is 1.93. The second-order valence-electron chi connectivity index (χ2n) is 5.77. The molecule has 3 heteroatoms. The maximum absolute atomic E-state index is 12.7. The Kier molecular flexibility index (Phi) is 4.34. The van der Waals surface area contributed by atoms with E-state index in [-0.39, 0.29) is 0 Å². The van der Waals surface area contributed by atoms with E-state index in [2.05, 4.69) is 12.1 Å². The van der Waals surface area contributed by atoms with Crippen LogP contribution in [0.4, 0.5) is 0 Å². The first kappa shape index (κ1) is 14.6. The molecular weight excluding hydrogens is 278 g/mol. The molecule has 2 unspecified atom stereocenters. The van der Waals surface area contributed by atoms with Crippen LogP contribution in [-0.4, -0.2) is 11.1 Å².